The van der Waals surface area contributed by atoms with Crippen molar-refractivity contribution in [1.82, 2.24) is 14.5 Å². The van der Waals surface area contributed by atoms with Crippen molar-refractivity contribution >= 4 is 34.7 Å². The van der Waals surface area contributed by atoms with Gasteiger partial charge in [-0.2, -0.15) is 11.8 Å². The van der Waals surface area contributed by atoms with Gasteiger partial charge in [0.1, 0.15) is 11.3 Å². The maximum Gasteiger partial charge on any atom is 0.160 e. The number of hydrogen-bond acceptors (Lipinski definition) is 4. The van der Waals surface area contributed by atoms with E-state index < -0.39 is 0 Å². The average Bonchev–Trinajstić information content (AvgIpc) is 2.96. The quantitative estimate of drug-likeness (QED) is 0.818. The molecule has 0 bridgehead atoms. The number of pyridine rings is 1. The van der Waals surface area contributed by atoms with Crippen molar-refractivity contribution in [3.8, 4) is 0 Å². The molecule has 0 amide bonds. The molecule has 0 N–H and O–H groups in total. The minimum atomic E-state index is 0.545. The summed E-state index contributed by atoms with van der Waals surface area (Å²) in [6, 6.07) is 4.13. The third-order valence-corrected chi connectivity index (χ3v) is 6.91. The monoisotopic (exact) mass is 319 g/mol. The lowest BCUT2D eigenvalue weighted by molar-refractivity contribution is 0.512. The molecule has 3 nitrogen and oxygen atoms in total. The lowest BCUT2D eigenvalue weighted by atomic mass is 10.0. The zero-order valence-corrected chi connectivity index (χ0v) is 13.8. The van der Waals surface area contributed by atoms with Crippen LogP contribution in [0.4, 0.5) is 0 Å². The fourth-order valence-corrected chi connectivity index (χ4v) is 5.84. The summed E-state index contributed by atoms with van der Waals surface area (Å²) < 4.78 is 2.49. The highest BCUT2D eigenvalue weighted by Crippen LogP contribution is 2.40. The first-order chi connectivity index (χ1) is 10.4. The van der Waals surface area contributed by atoms with Crippen LogP contribution in [-0.2, 0) is 0 Å². The van der Waals surface area contributed by atoms with E-state index >= 15 is 0 Å². The molecule has 112 valence electrons. The van der Waals surface area contributed by atoms with Gasteiger partial charge in [0.15, 0.2) is 5.65 Å². The summed E-state index contributed by atoms with van der Waals surface area (Å²) in [6.07, 6.45) is 8.41. The normalized spacial score (nSPS) is 24.5. The molecule has 0 aromatic carbocycles. The summed E-state index contributed by atoms with van der Waals surface area (Å²) >= 11 is 4.18. The summed E-state index contributed by atoms with van der Waals surface area (Å²) in [5, 5.41) is 0.545. The molecular weight excluding hydrogens is 298 g/mol. The van der Waals surface area contributed by atoms with Crippen molar-refractivity contribution < 1.29 is 0 Å². The second-order valence-electron chi connectivity index (χ2n) is 5.89. The van der Waals surface area contributed by atoms with Gasteiger partial charge in [0.05, 0.1) is 5.37 Å². The van der Waals surface area contributed by atoms with E-state index in [9.17, 15) is 0 Å². The van der Waals surface area contributed by atoms with Crippen molar-refractivity contribution in [3.63, 3.8) is 0 Å². The average molecular weight is 319 g/mol. The Labute approximate surface area is 134 Å². The SMILES string of the molecule is c1cnc2c(c1)nc(C1CCSCC1)n2C1CCCCS1. The number of fused-ring (bicyclic) bond motifs is 1. The van der Waals surface area contributed by atoms with Crippen LogP contribution < -0.4 is 0 Å². The van der Waals surface area contributed by atoms with Crippen LogP contribution >= 0.6 is 23.5 Å². The van der Waals surface area contributed by atoms with Gasteiger partial charge in [0, 0.05) is 12.1 Å². The molecule has 0 radical (unpaired) electrons. The van der Waals surface area contributed by atoms with Crippen molar-refractivity contribution in [1.29, 1.82) is 0 Å². The Hall–Kier alpha value is -0.680. The highest BCUT2D eigenvalue weighted by molar-refractivity contribution is 7.99. The molecule has 2 aromatic rings. The van der Waals surface area contributed by atoms with Gasteiger partial charge in [-0.3, -0.25) is 4.57 Å². The fraction of sp³-hybridized carbons (Fsp3) is 0.625. The van der Waals surface area contributed by atoms with Crippen LogP contribution in [0.1, 0.15) is 49.2 Å². The number of aromatic nitrogens is 3. The minimum absolute atomic E-state index is 0.545. The maximum absolute atomic E-state index is 4.99. The third-order valence-electron chi connectivity index (χ3n) is 4.51. The van der Waals surface area contributed by atoms with Crippen molar-refractivity contribution in [2.75, 3.05) is 17.3 Å². The maximum atomic E-state index is 4.99. The molecule has 21 heavy (non-hydrogen) atoms. The highest BCUT2D eigenvalue weighted by Gasteiger charge is 2.27. The van der Waals surface area contributed by atoms with Gasteiger partial charge in [0.2, 0.25) is 0 Å². The molecule has 2 aromatic heterocycles. The molecule has 2 fully saturated rings. The van der Waals surface area contributed by atoms with E-state index in [1.165, 1.54) is 55.2 Å². The van der Waals surface area contributed by atoms with E-state index in [0.29, 0.717) is 11.3 Å². The smallest absolute Gasteiger partial charge is 0.160 e. The van der Waals surface area contributed by atoms with Crippen LogP contribution in [0, 0.1) is 0 Å². The first-order valence-electron chi connectivity index (χ1n) is 7.95. The standard InChI is InChI=1S/C16H21N3S2/c1-2-9-21-14(5-1)19-15(12-6-10-20-11-7-12)18-13-4-3-8-17-16(13)19/h3-4,8,12,14H,1-2,5-7,9-11H2. The predicted molar refractivity (Wildman–Crippen MR) is 92.2 cm³/mol. The molecule has 2 saturated heterocycles. The summed E-state index contributed by atoms with van der Waals surface area (Å²) in [7, 11) is 0. The number of nitrogens with zero attached hydrogens (tertiary/aromatic N) is 3. The van der Waals surface area contributed by atoms with Gasteiger partial charge in [-0.25, -0.2) is 9.97 Å². The molecule has 4 rings (SSSR count). The van der Waals surface area contributed by atoms with Crippen molar-refractivity contribution in [2.24, 2.45) is 0 Å². The molecule has 1 atom stereocenters. The fourth-order valence-electron chi connectivity index (χ4n) is 3.40. The zero-order chi connectivity index (χ0) is 14.1. The summed E-state index contributed by atoms with van der Waals surface area (Å²) in [5.74, 6) is 5.77. The first-order valence-corrected chi connectivity index (χ1v) is 10.2. The van der Waals surface area contributed by atoms with Crippen LogP contribution in [-0.4, -0.2) is 31.8 Å². The predicted octanol–water partition coefficient (Wildman–Crippen LogP) is 4.46. The molecule has 5 heteroatoms. The van der Waals surface area contributed by atoms with Crippen LogP contribution in [0.2, 0.25) is 0 Å². The van der Waals surface area contributed by atoms with Gasteiger partial charge >= 0.3 is 0 Å². The van der Waals surface area contributed by atoms with Gasteiger partial charge < -0.3 is 0 Å². The Kier molecular flexibility index (Phi) is 4.12. The van der Waals surface area contributed by atoms with Gasteiger partial charge in [-0.1, -0.05) is 0 Å². The molecule has 1 unspecified atom stereocenters. The summed E-state index contributed by atoms with van der Waals surface area (Å²) in [5.41, 5.74) is 2.18. The van der Waals surface area contributed by atoms with E-state index in [-0.39, 0.29) is 0 Å². The van der Waals surface area contributed by atoms with Crippen LogP contribution in [0.25, 0.3) is 11.2 Å². The van der Waals surface area contributed by atoms with Crippen molar-refractivity contribution in [3.05, 3.63) is 24.2 Å². The van der Waals surface area contributed by atoms with Crippen LogP contribution in [0.15, 0.2) is 18.3 Å². The van der Waals surface area contributed by atoms with E-state index in [4.69, 9.17) is 4.98 Å². The largest absolute Gasteiger partial charge is 0.300 e. The van der Waals surface area contributed by atoms with Gasteiger partial charge in [-0.15, -0.1) is 11.8 Å². The Balaban J connectivity index is 1.79. The zero-order valence-electron chi connectivity index (χ0n) is 12.2. The number of hydrogen-bond donors (Lipinski definition) is 0. The van der Waals surface area contributed by atoms with Gasteiger partial charge in [0.25, 0.3) is 0 Å². The van der Waals surface area contributed by atoms with E-state index in [1.807, 2.05) is 12.3 Å². The Bertz CT molecular complexity index is 613. The Morgan fingerprint density at radius 1 is 1.10 bits per heavy atom. The first kappa shape index (κ1) is 13.9. The Morgan fingerprint density at radius 2 is 2.00 bits per heavy atom. The van der Waals surface area contributed by atoms with Gasteiger partial charge in [-0.05, 0) is 61.5 Å². The lowest BCUT2D eigenvalue weighted by Gasteiger charge is -2.28. The molecule has 0 saturated carbocycles. The number of rotatable bonds is 2. The van der Waals surface area contributed by atoms with E-state index in [2.05, 4.69) is 39.1 Å². The lowest BCUT2D eigenvalue weighted by Crippen LogP contribution is -2.18. The minimum Gasteiger partial charge on any atom is -0.300 e. The molecule has 0 spiro atoms. The number of imidazole rings is 1. The molecule has 0 aliphatic carbocycles. The molecule has 2 aliphatic heterocycles. The molecule has 4 heterocycles. The Morgan fingerprint density at radius 3 is 2.81 bits per heavy atom. The second-order valence-corrected chi connectivity index (χ2v) is 8.40. The topological polar surface area (TPSA) is 30.7 Å². The summed E-state index contributed by atoms with van der Waals surface area (Å²) in [6.45, 7) is 0. The highest BCUT2D eigenvalue weighted by atomic mass is 32.2. The summed E-state index contributed by atoms with van der Waals surface area (Å²) in [4.78, 5) is 9.64. The third kappa shape index (κ3) is 2.70. The molecular formula is C16H21N3S2. The number of thioether (sulfide) groups is 2. The van der Waals surface area contributed by atoms with E-state index in [0.717, 1.165) is 11.2 Å². The van der Waals surface area contributed by atoms with Crippen molar-refractivity contribution in [2.45, 2.75) is 43.4 Å². The second kappa shape index (κ2) is 6.21. The van der Waals surface area contributed by atoms with Crippen LogP contribution in [0.5, 0.6) is 0 Å². The molecule has 2 aliphatic rings. The van der Waals surface area contributed by atoms with Crippen LogP contribution in [0.3, 0.4) is 0 Å². The van der Waals surface area contributed by atoms with E-state index in [1.54, 1.807) is 0 Å².